The van der Waals surface area contributed by atoms with Crippen LogP contribution in [0.3, 0.4) is 0 Å². The van der Waals surface area contributed by atoms with Crippen molar-refractivity contribution in [2.24, 2.45) is 12.8 Å². The molecule has 0 spiro atoms. The van der Waals surface area contributed by atoms with E-state index in [2.05, 4.69) is 10.1 Å². The maximum Gasteiger partial charge on any atom is 0.237 e. The van der Waals surface area contributed by atoms with Gasteiger partial charge in [-0.05, 0) is 6.92 Å². The first-order valence-electron chi connectivity index (χ1n) is 5.27. The number of aromatic nitrogens is 4. The van der Waals surface area contributed by atoms with Gasteiger partial charge in [0.2, 0.25) is 5.91 Å². The molecule has 0 atom stereocenters. The van der Waals surface area contributed by atoms with Crippen LogP contribution in [0.4, 0.5) is 0 Å². The molecule has 92 valence electrons. The fraction of sp³-hybridized carbons (Fsp3) is 0.500. The first kappa shape index (κ1) is 11.9. The lowest BCUT2D eigenvalue weighted by Crippen LogP contribution is -2.21. The first-order chi connectivity index (χ1) is 8.04. The van der Waals surface area contributed by atoms with Gasteiger partial charge in [0.05, 0.1) is 5.69 Å². The number of carbonyl (C=O) groups is 1. The van der Waals surface area contributed by atoms with Crippen molar-refractivity contribution in [3.8, 4) is 0 Å². The summed E-state index contributed by atoms with van der Waals surface area (Å²) in [6.45, 7) is 1.98. The number of rotatable bonds is 4. The third-order valence-electron chi connectivity index (χ3n) is 2.60. The highest BCUT2D eigenvalue weighted by molar-refractivity contribution is 6.17. The van der Waals surface area contributed by atoms with E-state index in [9.17, 15) is 4.79 Å². The number of hydrogen-bond donors (Lipinski definition) is 1. The zero-order chi connectivity index (χ0) is 12.6. The van der Waals surface area contributed by atoms with Crippen LogP contribution >= 0.6 is 11.6 Å². The van der Waals surface area contributed by atoms with Crippen LogP contribution in [0.15, 0.2) is 0 Å². The van der Waals surface area contributed by atoms with Gasteiger partial charge in [-0.2, -0.15) is 5.10 Å². The predicted octanol–water partition coefficient (Wildman–Crippen LogP) is 0.345. The number of amides is 1. The van der Waals surface area contributed by atoms with Gasteiger partial charge in [-0.25, -0.2) is 4.98 Å². The normalized spacial score (nSPS) is 11.2. The van der Waals surface area contributed by atoms with Crippen molar-refractivity contribution in [2.75, 3.05) is 5.88 Å². The van der Waals surface area contributed by atoms with Crippen molar-refractivity contribution in [1.82, 2.24) is 19.3 Å². The van der Waals surface area contributed by atoms with Crippen LogP contribution < -0.4 is 5.73 Å². The number of nitrogens with zero attached hydrogens (tertiary/aromatic N) is 4. The molecule has 0 fully saturated rings. The molecule has 6 nitrogen and oxygen atoms in total. The van der Waals surface area contributed by atoms with E-state index in [1.165, 1.54) is 0 Å². The summed E-state index contributed by atoms with van der Waals surface area (Å²) < 4.78 is 3.48. The summed E-state index contributed by atoms with van der Waals surface area (Å²) in [7, 11) is 1.82. The van der Waals surface area contributed by atoms with Gasteiger partial charge in [0.15, 0.2) is 5.65 Å². The molecule has 0 aliphatic rings. The van der Waals surface area contributed by atoms with Crippen LogP contribution in [-0.4, -0.2) is 31.1 Å². The number of aryl methyl sites for hydroxylation is 3. The molecule has 0 bridgehead atoms. The number of primary amides is 1. The Labute approximate surface area is 103 Å². The maximum absolute atomic E-state index is 11.1. The van der Waals surface area contributed by atoms with Crippen LogP contribution in [0, 0.1) is 6.92 Å². The minimum atomic E-state index is -0.404. The van der Waals surface area contributed by atoms with E-state index in [0.29, 0.717) is 12.3 Å². The van der Waals surface area contributed by atoms with E-state index in [0.717, 1.165) is 22.7 Å². The van der Waals surface area contributed by atoms with Gasteiger partial charge in [0.25, 0.3) is 0 Å². The number of halogens is 1. The van der Waals surface area contributed by atoms with Crippen LogP contribution in [-0.2, 0) is 24.8 Å². The second-order valence-corrected chi connectivity index (χ2v) is 4.28. The predicted molar refractivity (Wildman–Crippen MR) is 64.9 cm³/mol. The fourth-order valence-corrected chi connectivity index (χ4v) is 2.15. The highest BCUT2D eigenvalue weighted by Crippen LogP contribution is 2.19. The average Bonchev–Trinajstić information content (AvgIpc) is 2.69. The molecule has 1 amide bonds. The van der Waals surface area contributed by atoms with Gasteiger partial charge in [-0.1, -0.05) is 0 Å². The molecule has 0 saturated carbocycles. The van der Waals surface area contributed by atoms with E-state index < -0.39 is 5.91 Å². The lowest BCUT2D eigenvalue weighted by Gasteiger charge is -2.05. The topological polar surface area (TPSA) is 78.7 Å². The Kier molecular flexibility index (Phi) is 3.06. The van der Waals surface area contributed by atoms with Crippen LogP contribution in [0.25, 0.3) is 11.2 Å². The third-order valence-corrected chi connectivity index (χ3v) is 2.79. The molecule has 0 aliphatic heterocycles. The van der Waals surface area contributed by atoms with E-state index in [1.54, 1.807) is 9.25 Å². The number of alkyl halides is 1. The molecular formula is C10H14ClN5O. The number of fused-ring (bicyclic) bond motifs is 1. The zero-order valence-corrected chi connectivity index (χ0v) is 10.5. The minimum Gasteiger partial charge on any atom is -0.368 e. The standard InChI is InChI=1S/C10H14ClN5O/c1-6-9-10(15(2)14-6)16(5-7(12)17)8(13-9)3-4-11/h3-5H2,1-2H3,(H2,12,17). The van der Waals surface area contributed by atoms with Crippen LogP contribution in [0.1, 0.15) is 11.5 Å². The Hall–Kier alpha value is -1.56. The highest BCUT2D eigenvalue weighted by atomic mass is 35.5. The molecule has 0 aromatic carbocycles. The van der Waals surface area contributed by atoms with Crippen LogP contribution in [0.5, 0.6) is 0 Å². The van der Waals surface area contributed by atoms with E-state index in [-0.39, 0.29) is 6.54 Å². The summed E-state index contributed by atoms with van der Waals surface area (Å²) in [5, 5.41) is 4.27. The summed E-state index contributed by atoms with van der Waals surface area (Å²) >= 11 is 5.73. The van der Waals surface area contributed by atoms with Gasteiger partial charge >= 0.3 is 0 Å². The van der Waals surface area contributed by atoms with E-state index in [1.807, 2.05) is 14.0 Å². The minimum absolute atomic E-state index is 0.0989. The third kappa shape index (κ3) is 2.00. The van der Waals surface area contributed by atoms with Crippen molar-refractivity contribution in [2.45, 2.75) is 19.9 Å². The molecule has 2 heterocycles. The Morgan fingerprint density at radius 1 is 1.53 bits per heavy atom. The van der Waals surface area contributed by atoms with Gasteiger partial charge < -0.3 is 10.3 Å². The Balaban J connectivity index is 2.64. The molecule has 2 aromatic rings. The average molecular weight is 256 g/mol. The molecule has 17 heavy (non-hydrogen) atoms. The Morgan fingerprint density at radius 3 is 2.82 bits per heavy atom. The highest BCUT2D eigenvalue weighted by Gasteiger charge is 2.17. The smallest absolute Gasteiger partial charge is 0.237 e. The first-order valence-corrected chi connectivity index (χ1v) is 5.81. The summed E-state index contributed by atoms with van der Waals surface area (Å²) in [6.07, 6.45) is 0.600. The summed E-state index contributed by atoms with van der Waals surface area (Å²) in [5.74, 6) is 0.818. The summed E-state index contributed by atoms with van der Waals surface area (Å²) in [6, 6.07) is 0. The summed E-state index contributed by atoms with van der Waals surface area (Å²) in [5.41, 5.74) is 7.69. The van der Waals surface area contributed by atoms with Crippen molar-refractivity contribution in [3.05, 3.63) is 11.5 Å². The maximum atomic E-state index is 11.1. The Morgan fingerprint density at radius 2 is 2.24 bits per heavy atom. The Bertz CT molecular complexity index is 571. The van der Waals surface area contributed by atoms with Crippen molar-refractivity contribution < 1.29 is 4.79 Å². The molecule has 2 N–H and O–H groups in total. The molecule has 0 aliphatic carbocycles. The van der Waals surface area contributed by atoms with Gasteiger partial charge in [0, 0.05) is 19.3 Å². The van der Waals surface area contributed by atoms with E-state index >= 15 is 0 Å². The van der Waals surface area contributed by atoms with Crippen molar-refractivity contribution in [3.63, 3.8) is 0 Å². The lowest BCUT2D eigenvalue weighted by molar-refractivity contribution is -0.118. The van der Waals surface area contributed by atoms with Gasteiger partial charge in [0.1, 0.15) is 17.9 Å². The molecule has 0 radical (unpaired) electrons. The quantitative estimate of drug-likeness (QED) is 0.801. The number of imidazole rings is 1. The van der Waals surface area contributed by atoms with Crippen molar-refractivity contribution >= 4 is 28.7 Å². The zero-order valence-electron chi connectivity index (χ0n) is 9.77. The number of hydrogen-bond acceptors (Lipinski definition) is 3. The molecule has 2 rings (SSSR count). The second-order valence-electron chi connectivity index (χ2n) is 3.90. The fourth-order valence-electron chi connectivity index (χ4n) is 1.98. The molecule has 7 heteroatoms. The molecular weight excluding hydrogens is 242 g/mol. The van der Waals surface area contributed by atoms with E-state index in [4.69, 9.17) is 17.3 Å². The van der Waals surface area contributed by atoms with Gasteiger partial charge in [-0.3, -0.25) is 9.48 Å². The van der Waals surface area contributed by atoms with Crippen LogP contribution in [0.2, 0.25) is 0 Å². The van der Waals surface area contributed by atoms with Crippen molar-refractivity contribution in [1.29, 1.82) is 0 Å². The molecule has 0 saturated heterocycles. The molecule has 0 unspecified atom stereocenters. The lowest BCUT2D eigenvalue weighted by atomic mass is 10.4. The summed E-state index contributed by atoms with van der Waals surface area (Å²) in [4.78, 5) is 15.6. The monoisotopic (exact) mass is 255 g/mol. The number of nitrogens with two attached hydrogens (primary N) is 1. The SMILES string of the molecule is Cc1nn(C)c2c1nc(CCCl)n2CC(N)=O. The second kappa shape index (κ2) is 4.37. The van der Waals surface area contributed by atoms with Gasteiger partial charge in [-0.15, -0.1) is 11.6 Å². The molecule has 2 aromatic heterocycles. The largest absolute Gasteiger partial charge is 0.368 e. The number of carbonyl (C=O) groups excluding carboxylic acids is 1.